The average molecular weight is 352 g/mol. The van der Waals surface area contributed by atoms with Gasteiger partial charge in [0, 0.05) is 29.2 Å². The zero-order chi connectivity index (χ0) is 14.9. The molecule has 2 unspecified atom stereocenters. The van der Waals surface area contributed by atoms with Crippen molar-refractivity contribution in [1.29, 1.82) is 0 Å². The van der Waals surface area contributed by atoms with Crippen LogP contribution >= 0.6 is 23.7 Å². The number of carbonyl (C=O) groups is 1. The number of aromatic nitrogens is 1. The minimum absolute atomic E-state index is 0. The van der Waals surface area contributed by atoms with Crippen LogP contribution in [-0.4, -0.2) is 28.6 Å². The number of hydrogen-bond donors (Lipinski definition) is 2. The maximum Gasteiger partial charge on any atom is 0.268 e. The van der Waals surface area contributed by atoms with Crippen molar-refractivity contribution < 1.29 is 4.79 Å². The third-order valence-electron chi connectivity index (χ3n) is 4.78. The van der Waals surface area contributed by atoms with Gasteiger partial charge in [-0.1, -0.05) is 6.07 Å². The molecule has 6 heteroatoms. The second-order valence-corrected chi connectivity index (χ2v) is 7.41. The van der Waals surface area contributed by atoms with Crippen molar-refractivity contribution >= 4 is 29.7 Å². The van der Waals surface area contributed by atoms with Crippen LogP contribution in [-0.2, 0) is 6.54 Å². The van der Waals surface area contributed by atoms with Gasteiger partial charge < -0.3 is 15.2 Å². The number of rotatable bonds is 4. The molecule has 2 bridgehead atoms. The Morgan fingerprint density at radius 1 is 1.26 bits per heavy atom. The topological polar surface area (TPSA) is 46.1 Å². The van der Waals surface area contributed by atoms with Crippen molar-refractivity contribution in [3.8, 4) is 0 Å². The van der Waals surface area contributed by atoms with E-state index < -0.39 is 0 Å². The molecular weight excluding hydrogens is 330 g/mol. The molecule has 2 atom stereocenters. The Morgan fingerprint density at radius 3 is 2.74 bits per heavy atom. The van der Waals surface area contributed by atoms with E-state index in [4.69, 9.17) is 0 Å². The summed E-state index contributed by atoms with van der Waals surface area (Å²) in [5, 5.41) is 8.93. The van der Waals surface area contributed by atoms with E-state index in [1.165, 1.54) is 17.7 Å². The summed E-state index contributed by atoms with van der Waals surface area (Å²) in [5.74, 6) is 0.0628. The van der Waals surface area contributed by atoms with Crippen LogP contribution in [0.5, 0.6) is 0 Å². The number of halogens is 1. The average Bonchev–Trinajstić information content (AvgIpc) is 3.22. The maximum atomic E-state index is 12.6. The van der Waals surface area contributed by atoms with Crippen LogP contribution in [0.4, 0.5) is 0 Å². The number of nitrogens with one attached hydrogen (secondary N) is 2. The number of carbonyl (C=O) groups excluding carboxylic acids is 1. The van der Waals surface area contributed by atoms with Crippen LogP contribution in [0.3, 0.4) is 0 Å². The SMILES string of the molecule is Cl.O=C(NC1CC2CCC(C1)N2)c1cccn1Cc1cccs1. The lowest BCUT2D eigenvalue weighted by Crippen LogP contribution is -2.48. The minimum atomic E-state index is 0. The third kappa shape index (κ3) is 3.62. The highest BCUT2D eigenvalue weighted by atomic mass is 35.5. The first-order chi connectivity index (χ1) is 10.8. The molecule has 0 aliphatic carbocycles. The molecule has 2 saturated heterocycles. The second kappa shape index (κ2) is 7.07. The zero-order valence-electron chi connectivity index (χ0n) is 12.9. The predicted octanol–water partition coefficient (Wildman–Crippen LogP) is 3.03. The summed E-state index contributed by atoms with van der Waals surface area (Å²) in [5.41, 5.74) is 0.763. The van der Waals surface area contributed by atoms with E-state index in [0.29, 0.717) is 18.1 Å². The standard InChI is InChI=1S/C17H21N3OS.ClH/c21-17(19-14-9-12-5-6-13(10-14)18-12)16-4-1-7-20(16)11-15-3-2-8-22-15;/h1-4,7-8,12-14,18H,5-6,9-11H2,(H,19,21);1H. The molecule has 23 heavy (non-hydrogen) atoms. The van der Waals surface area contributed by atoms with Gasteiger partial charge in [0.2, 0.25) is 0 Å². The highest BCUT2D eigenvalue weighted by Gasteiger charge is 2.34. The van der Waals surface area contributed by atoms with Crippen LogP contribution in [0.15, 0.2) is 35.8 Å². The number of amides is 1. The number of hydrogen-bond acceptors (Lipinski definition) is 3. The van der Waals surface area contributed by atoms with Crippen LogP contribution in [0.2, 0.25) is 0 Å². The van der Waals surface area contributed by atoms with Crippen molar-refractivity contribution in [2.75, 3.05) is 0 Å². The van der Waals surface area contributed by atoms with Gasteiger partial charge in [0.15, 0.2) is 0 Å². The van der Waals surface area contributed by atoms with Gasteiger partial charge in [-0.2, -0.15) is 0 Å². The van der Waals surface area contributed by atoms with Gasteiger partial charge in [-0.15, -0.1) is 23.7 Å². The Morgan fingerprint density at radius 2 is 2.04 bits per heavy atom. The Labute approximate surface area is 146 Å². The molecule has 0 radical (unpaired) electrons. The summed E-state index contributed by atoms with van der Waals surface area (Å²) in [4.78, 5) is 13.9. The highest BCUT2D eigenvalue weighted by Crippen LogP contribution is 2.27. The molecule has 2 aromatic heterocycles. The molecule has 2 N–H and O–H groups in total. The van der Waals surface area contributed by atoms with E-state index in [1.54, 1.807) is 11.3 Å². The molecular formula is C17H22ClN3OS. The minimum Gasteiger partial charge on any atom is -0.348 e. The molecule has 4 rings (SSSR count). The number of fused-ring (bicyclic) bond motifs is 2. The molecule has 2 fully saturated rings. The smallest absolute Gasteiger partial charge is 0.268 e. The zero-order valence-corrected chi connectivity index (χ0v) is 14.5. The van der Waals surface area contributed by atoms with Crippen molar-refractivity contribution in [3.63, 3.8) is 0 Å². The molecule has 4 heterocycles. The van der Waals surface area contributed by atoms with Crippen molar-refractivity contribution in [3.05, 3.63) is 46.4 Å². The largest absolute Gasteiger partial charge is 0.348 e. The number of piperidine rings is 1. The van der Waals surface area contributed by atoms with Crippen LogP contribution < -0.4 is 10.6 Å². The summed E-state index contributed by atoms with van der Waals surface area (Å²) in [6.07, 6.45) is 6.63. The predicted molar refractivity (Wildman–Crippen MR) is 95.5 cm³/mol. The highest BCUT2D eigenvalue weighted by molar-refractivity contribution is 7.09. The molecule has 0 aromatic carbocycles. The van der Waals surface area contributed by atoms with Gasteiger partial charge in [0.1, 0.15) is 5.69 Å². The summed E-state index contributed by atoms with van der Waals surface area (Å²) in [6.45, 7) is 0.769. The lowest BCUT2D eigenvalue weighted by atomic mass is 10.00. The summed E-state index contributed by atoms with van der Waals surface area (Å²) in [7, 11) is 0. The second-order valence-electron chi connectivity index (χ2n) is 6.38. The molecule has 1 amide bonds. The fraction of sp³-hybridized carbons (Fsp3) is 0.471. The number of thiophene rings is 1. The summed E-state index contributed by atoms with van der Waals surface area (Å²) < 4.78 is 2.04. The lowest BCUT2D eigenvalue weighted by molar-refractivity contribution is 0.0915. The molecule has 2 aromatic rings. The normalized spacial score (nSPS) is 25.8. The lowest BCUT2D eigenvalue weighted by Gasteiger charge is -2.29. The van der Waals surface area contributed by atoms with Gasteiger partial charge in [0.25, 0.3) is 5.91 Å². The van der Waals surface area contributed by atoms with E-state index in [2.05, 4.69) is 22.1 Å². The number of nitrogens with zero attached hydrogens (tertiary/aromatic N) is 1. The van der Waals surface area contributed by atoms with Crippen LogP contribution in [0.1, 0.15) is 41.0 Å². The first-order valence-electron chi connectivity index (χ1n) is 8.02. The fourth-order valence-corrected chi connectivity index (χ4v) is 4.47. The Balaban J connectivity index is 0.00000156. The first-order valence-corrected chi connectivity index (χ1v) is 8.90. The van der Waals surface area contributed by atoms with E-state index >= 15 is 0 Å². The van der Waals surface area contributed by atoms with Gasteiger partial charge in [0.05, 0.1) is 6.54 Å². The van der Waals surface area contributed by atoms with E-state index in [9.17, 15) is 4.79 Å². The van der Waals surface area contributed by atoms with Crippen molar-refractivity contribution in [2.24, 2.45) is 0 Å². The maximum absolute atomic E-state index is 12.6. The monoisotopic (exact) mass is 351 g/mol. The van der Waals surface area contributed by atoms with E-state index in [-0.39, 0.29) is 18.3 Å². The quantitative estimate of drug-likeness (QED) is 0.889. The fourth-order valence-electron chi connectivity index (χ4n) is 3.76. The molecule has 0 saturated carbocycles. The Hall–Kier alpha value is -1.30. The summed E-state index contributed by atoms with van der Waals surface area (Å²) in [6, 6.07) is 9.54. The Bertz CT molecular complexity index is 643. The van der Waals surface area contributed by atoms with Crippen molar-refractivity contribution in [1.82, 2.24) is 15.2 Å². The molecule has 2 aliphatic heterocycles. The summed E-state index contributed by atoms with van der Waals surface area (Å²) >= 11 is 1.73. The van der Waals surface area contributed by atoms with Gasteiger partial charge in [-0.05, 0) is 49.3 Å². The van der Waals surface area contributed by atoms with Crippen molar-refractivity contribution in [2.45, 2.75) is 50.4 Å². The van der Waals surface area contributed by atoms with Gasteiger partial charge >= 0.3 is 0 Å². The molecule has 124 valence electrons. The first kappa shape index (κ1) is 16.6. The van der Waals surface area contributed by atoms with Gasteiger partial charge in [-0.25, -0.2) is 0 Å². The van der Waals surface area contributed by atoms with E-state index in [0.717, 1.165) is 25.1 Å². The van der Waals surface area contributed by atoms with Crippen LogP contribution in [0, 0.1) is 0 Å². The van der Waals surface area contributed by atoms with E-state index in [1.807, 2.05) is 29.0 Å². The third-order valence-corrected chi connectivity index (χ3v) is 5.64. The van der Waals surface area contributed by atoms with Crippen LogP contribution in [0.25, 0.3) is 0 Å². The molecule has 0 spiro atoms. The van der Waals surface area contributed by atoms with Gasteiger partial charge in [-0.3, -0.25) is 4.79 Å². The molecule has 2 aliphatic rings. The Kier molecular flexibility index (Phi) is 5.09. The molecule has 4 nitrogen and oxygen atoms in total.